The van der Waals surface area contributed by atoms with E-state index in [2.05, 4.69) is 4.90 Å². The molecule has 0 bridgehead atoms. The van der Waals surface area contributed by atoms with Gasteiger partial charge < -0.3 is 9.84 Å². The molecule has 18 heavy (non-hydrogen) atoms. The molecule has 5 heteroatoms. The van der Waals surface area contributed by atoms with Gasteiger partial charge in [0.2, 0.25) is 0 Å². The second-order valence-corrected chi connectivity index (χ2v) is 4.53. The highest BCUT2D eigenvalue weighted by molar-refractivity contribution is 5.87. The van der Waals surface area contributed by atoms with E-state index >= 15 is 0 Å². The summed E-state index contributed by atoms with van der Waals surface area (Å²) in [6.45, 7) is 4.48. The Morgan fingerprint density at radius 3 is 3.06 bits per heavy atom. The third kappa shape index (κ3) is 3.05. The SMILES string of the molecule is CC1CN(Cc2cc(C(=O)O)ccc2F)CCO1. The van der Waals surface area contributed by atoms with Gasteiger partial charge in [-0.2, -0.15) is 0 Å². The second kappa shape index (κ2) is 5.46. The molecule has 2 rings (SSSR count). The van der Waals surface area contributed by atoms with Gasteiger partial charge in [-0.25, -0.2) is 9.18 Å². The van der Waals surface area contributed by atoms with Crippen LogP contribution >= 0.6 is 0 Å². The number of benzene rings is 1. The van der Waals surface area contributed by atoms with Gasteiger partial charge in [-0.15, -0.1) is 0 Å². The van der Waals surface area contributed by atoms with E-state index in [9.17, 15) is 9.18 Å². The maximum atomic E-state index is 13.6. The molecule has 0 aromatic heterocycles. The highest BCUT2D eigenvalue weighted by atomic mass is 19.1. The normalized spacial score (nSPS) is 20.9. The molecule has 1 aliphatic rings. The van der Waals surface area contributed by atoms with Crippen molar-refractivity contribution < 1.29 is 19.0 Å². The van der Waals surface area contributed by atoms with Gasteiger partial charge >= 0.3 is 5.97 Å². The number of ether oxygens (including phenoxy) is 1. The molecule has 98 valence electrons. The molecule has 1 aromatic rings. The van der Waals surface area contributed by atoms with Crippen molar-refractivity contribution in [1.82, 2.24) is 4.90 Å². The number of halogens is 1. The molecular formula is C13H16FNO3. The van der Waals surface area contributed by atoms with E-state index in [1.54, 1.807) is 0 Å². The van der Waals surface area contributed by atoms with E-state index in [-0.39, 0.29) is 17.5 Å². The Morgan fingerprint density at radius 1 is 1.61 bits per heavy atom. The second-order valence-electron chi connectivity index (χ2n) is 4.53. The zero-order chi connectivity index (χ0) is 13.1. The first kappa shape index (κ1) is 13.0. The van der Waals surface area contributed by atoms with E-state index in [0.29, 0.717) is 18.7 Å². The Kier molecular flexibility index (Phi) is 3.93. The standard InChI is InChI=1S/C13H16FNO3/c1-9-7-15(4-5-18-9)8-11-6-10(13(16)17)2-3-12(11)14/h2-3,6,9H,4-5,7-8H2,1H3,(H,16,17). The maximum absolute atomic E-state index is 13.6. The van der Waals surface area contributed by atoms with Crippen LogP contribution in [0.5, 0.6) is 0 Å². The van der Waals surface area contributed by atoms with Crippen molar-refractivity contribution in [2.24, 2.45) is 0 Å². The lowest BCUT2D eigenvalue weighted by Gasteiger charge is -2.31. The minimum Gasteiger partial charge on any atom is -0.478 e. The molecule has 4 nitrogen and oxygen atoms in total. The highest BCUT2D eigenvalue weighted by Gasteiger charge is 2.18. The summed E-state index contributed by atoms with van der Waals surface area (Å²) in [6.07, 6.45) is 0.129. The van der Waals surface area contributed by atoms with E-state index in [4.69, 9.17) is 9.84 Å². The predicted molar refractivity (Wildman–Crippen MR) is 64.1 cm³/mol. The summed E-state index contributed by atoms with van der Waals surface area (Å²) in [4.78, 5) is 12.9. The van der Waals surface area contributed by atoms with Crippen LogP contribution in [-0.2, 0) is 11.3 Å². The summed E-state index contributed by atoms with van der Waals surface area (Å²) < 4.78 is 19.0. The van der Waals surface area contributed by atoms with Crippen molar-refractivity contribution in [2.45, 2.75) is 19.6 Å². The van der Waals surface area contributed by atoms with Crippen molar-refractivity contribution in [3.8, 4) is 0 Å². The van der Waals surface area contributed by atoms with Gasteiger partial charge in [0.15, 0.2) is 0 Å². The lowest BCUT2D eigenvalue weighted by atomic mass is 10.1. The van der Waals surface area contributed by atoms with Crippen molar-refractivity contribution >= 4 is 5.97 Å². The van der Waals surface area contributed by atoms with Crippen LogP contribution < -0.4 is 0 Å². The molecule has 0 aliphatic carbocycles. The van der Waals surface area contributed by atoms with Crippen molar-refractivity contribution in [3.05, 3.63) is 35.1 Å². The van der Waals surface area contributed by atoms with E-state index in [0.717, 1.165) is 13.1 Å². The van der Waals surface area contributed by atoms with E-state index < -0.39 is 5.97 Å². The zero-order valence-electron chi connectivity index (χ0n) is 10.2. The molecule has 1 unspecified atom stereocenters. The topological polar surface area (TPSA) is 49.8 Å². The average molecular weight is 253 g/mol. The first-order valence-electron chi connectivity index (χ1n) is 5.92. The lowest BCUT2D eigenvalue weighted by molar-refractivity contribution is -0.0215. The van der Waals surface area contributed by atoms with Crippen molar-refractivity contribution in [3.63, 3.8) is 0 Å². The van der Waals surface area contributed by atoms with Gasteiger partial charge in [-0.1, -0.05) is 0 Å². The summed E-state index contributed by atoms with van der Waals surface area (Å²) >= 11 is 0. The zero-order valence-corrected chi connectivity index (χ0v) is 10.2. The van der Waals surface area contributed by atoms with Crippen LogP contribution in [0.25, 0.3) is 0 Å². The summed E-state index contributed by atoms with van der Waals surface area (Å²) in [5, 5.41) is 8.89. The molecule has 0 spiro atoms. The van der Waals surface area contributed by atoms with Crippen LogP contribution in [-0.4, -0.2) is 41.8 Å². The molecule has 1 N–H and O–H groups in total. The summed E-state index contributed by atoms with van der Waals surface area (Å²) in [5.74, 6) is -1.40. The minimum atomic E-state index is -1.04. The number of carboxylic acids is 1. The molecule has 1 atom stereocenters. The van der Waals surface area contributed by atoms with Crippen LogP contribution in [0, 0.1) is 5.82 Å². The fraction of sp³-hybridized carbons (Fsp3) is 0.462. The Balaban J connectivity index is 2.12. The first-order valence-corrected chi connectivity index (χ1v) is 5.92. The van der Waals surface area contributed by atoms with Crippen LogP contribution in [0.2, 0.25) is 0 Å². The molecule has 0 saturated carbocycles. The van der Waals surface area contributed by atoms with Crippen molar-refractivity contribution in [2.75, 3.05) is 19.7 Å². The van der Waals surface area contributed by atoms with Gasteiger partial charge in [0, 0.05) is 25.2 Å². The van der Waals surface area contributed by atoms with Crippen LogP contribution in [0.15, 0.2) is 18.2 Å². The van der Waals surface area contributed by atoms with Crippen LogP contribution in [0.3, 0.4) is 0 Å². The van der Waals surface area contributed by atoms with Crippen LogP contribution in [0.1, 0.15) is 22.8 Å². The number of nitrogens with zero attached hydrogens (tertiary/aromatic N) is 1. The summed E-state index contributed by atoms with van der Waals surface area (Å²) in [5.41, 5.74) is 0.539. The highest BCUT2D eigenvalue weighted by Crippen LogP contribution is 2.15. The number of aromatic carboxylic acids is 1. The Morgan fingerprint density at radius 2 is 2.39 bits per heavy atom. The van der Waals surface area contributed by atoms with Crippen molar-refractivity contribution in [1.29, 1.82) is 0 Å². The number of hydrogen-bond acceptors (Lipinski definition) is 3. The van der Waals surface area contributed by atoms with Gasteiger partial charge in [0.05, 0.1) is 18.3 Å². The molecular weight excluding hydrogens is 237 g/mol. The van der Waals surface area contributed by atoms with Gasteiger partial charge in [-0.3, -0.25) is 4.90 Å². The van der Waals surface area contributed by atoms with E-state index in [1.807, 2.05) is 6.92 Å². The largest absolute Gasteiger partial charge is 0.478 e. The molecule has 1 heterocycles. The van der Waals surface area contributed by atoms with Gasteiger partial charge in [0.1, 0.15) is 5.82 Å². The lowest BCUT2D eigenvalue weighted by Crippen LogP contribution is -2.40. The fourth-order valence-corrected chi connectivity index (χ4v) is 2.10. The number of carbonyl (C=O) groups is 1. The van der Waals surface area contributed by atoms with Gasteiger partial charge in [-0.05, 0) is 25.1 Å². The molecule has 1 aliphatic heterocycles. The molecule has 1 aromatic carbocycles. The average Bonchev–Trinajstić information content (AvgIpc) is 2.31. The Bertz CT molecular complexity index is 450. The third-order valence-corrected chi connectivity index (χ3v) is 3.01. The smallest absolute Gasteiger partial charge is 0.335 e. The van der Waals surface area contributed by atoms with E-state index in [1.165, 1.54) is 18.2 Å². The minimum absolute atomic E-state index is 0.118. The number of morpholine rings is 1. The summed E-state index contributed by atoms with van der Waals surface area (Å²) in [7, 11) is 0. The molecule has 1 fully saturated rings. The van der Waals surface area contributed by atoms with Gasteiger partial charge in [0.25, 0.3) is 0 Å². The summed E-state index contributed by atoms with van der Waals surface area (Å²) in [6, 6.07) is 3.89. The molecule has 0 radical (unpaired) electrons. The number of rotatable bonds is 3. The molecule has 1 saturated heterocycles. The Hall–Kier alpha value is -1.46. The monoisotopic (exact) mass is 253 g/mol. The molecule has 0 amide bonds. The third-order valence-electron chi connectivity index (χ3n) is 3.01. The van der Waals surface area contributed by atoms with Crippen LogP contribution in [0.4, 0.5) is 4.39 Å². The Labute approximate surface area is 105 Å². The number of carboxylic acid groups (broad SMARTS) is 1. The quantitative estimate of drug-likeness (QED) is 0.891. The first-order chi connectivity index (χ1) is 8.56. The fourth-order valence-electron chi connectivity index (χ4n) is 2.10. The number of hydrogen-bond donors (Lipinski definition) is 1. The predicted octanol–water partition coefficient (Wildman–Crippen LogP) is 1.74. The maximum Gasteiger partial charge on any atom is 0.335 e.